The Kier molecular flexibility index (Phi) is 5.00. The van der Waals surface area contributed by atoms with E-state index in [1.54, 1.807) is 33.7 Å². The molecule has 1 aromatic carbocycles. The minimum absolute atomic E-state index is 0.0451. The molecule has 0 aliphatic carbocycles. The van der Waals surface area contributed by atoms with Crippen LogP contribution in [0, 0.1) is 17.6 Å². The quantitative estimate of drug-likeness (QED) is 0.731. The van der Waals surface area contributed by atoms with Gasteiger partial charge in [0.15, 0.2) is 17.3 Å². The molecule has 8 heteroatoms. The highest BCUT2D eigenvalue weighted by Gasteiger charge is 2.27. The number of pyridine rings is 1. The molecule has 1 fully saturated rings. The molecule has 2 aromatic heterocycles. The Morgan fingerprint density at radius 1 is 1.17 bits per heavy atom. The second-order valence-electron chi connectivity index (χ2n) is 7.32. The number of hydrogen-bond donors (Lipinski definition) is 1. The number of anilines is 1. The maximum Gasteiger partial charge on any atom is 0.290 e. The van der Waals surface area contributed by atoms with Crippen LogP contribution >= 0.6 is 0 Å². The van der Waals surface area contributed by atoms with E-state index in [1.165, 1.54) is 6.07 Å². The normalized spacial score (nSPS) is 16.8. The molecule has 1 aliphatic rings. The smallest absolute Gasteiger partial charge is 0.290 e. The summed E-state index contributed by atoms with van der Waals surface area (Å²) >= 11 is 0. The number of nitrogens with one attached hydrogen (secondary N) is 1. The van der Waals surface area contributed by atoms with Gasteiger partial charge < -0.3 is 10.2 Å². The summed E-state index contributed by atoms with van der Waals surface area (Å²) in [5.41, 5.74) is 0.605. The summed E-state index contributed by atoms with van der Waals surface area (Å²) in [4.78, 5) is 31.9. The lowest BCUT2D eigenvalue weighted by Gasteiger charge is -2.30. The van der Waals surface area contributed by atoms with Crippen molar-refractivity contribution in [3.63, 3.8) is 0 Å². The Morgan fingerprint density at radius 3 is 2.76 bits per heavy atom. The van der Waals surface area contributed by atoms with E-state index in [-0.39, 0.29) is 23.1 Å². The van der Waals surface area contributed by atoms with Crippen molar-refractivity contribution in [3.05, 3.63) is 65.7 Å². The summed E-state index contributed by atoms with van der Waals surface area (Å²) < 4.78 is 28.1. The molecule has 2 amide bonds. The Bertz CT molecular complexity index is 1100. The van der Waals surface area contributed by atoms with Crippen molar-refractivity contribution in [2.24, 2.45) is 5.92 Å². The molecule has 1 atom stereocenters. The third-order valence-corrected chi connectivity index (χ3v) is 5.08. The zero-order valence-corrected chi connectivity index (χ0v) is 15.9. The summed E-state index contributed by atoms with van der Waals surface area (Å²) in [6, 6.07) is 8.26. The molecule has 0 bridgehead atoms. The molecular formula is C21H20F2N4O2. The number of halogens is 2. The van der Waals surface area contributed by atoms with Crippen LogP contribution in [0.5, 0.6) is 0 Å². The first-order valence-corrected chi connectivity index (χ1v) is 9.47. The summed E-state index contributed by atoms with van der Waals surface area (Å²) in [5.74, 6) is -2.33. The first kappa shape index (κ1) is 19.0. The molecule has 1 unspecified atom stereocenters. The number of rotatable bonds is 3. The second-order valence-corrected chi connectivity index (χ2v) is 7.32. The van der Waals surface area contributed by atoms with Gasteiger partial charge in [-0.2, -0.15) is 0 Å². The number of carbonyl (C=O) groups excluding carboxylic acids is 2. The molecule has 3 heterocycles. The Hall–Kier alpha value is -3.29. The highest BCUT2D eigenvalue weighted by atomic mass is 19.2. The molecule has 4 rings (SSSR count). The maximum absolute atomic E-state index is 13.4. The molecule has 3 aromatic rings. The molecule has 6 nitrogen and oxygen atoms in total. The highest BCUT2D eigenvalue weighted by molar-refractivity contribution is 6.08. The molecule has 150 valence electrons. The Labute approximate surface area is 166 Å². The van der Waals surface area contributed by atoms with E-state index >= 15 is 0 Å². The Morgan fingerprint density at radius 2 is 2.00 bits per heavy atom. The topological polar surface area (TPSA) is 66.7 Å². The van der Waals surface area contributed by atoms with Gasteiger partial charge in [0.2, 0.25) is 5.82 Å². The average Bonchev–Trinajstić information content (AvgIpc) is 3.10. The van der Waals surface area contributed by atoms with Crippen molar-refractivity contribution in [1.82, 2.24) is 14.3 Å². The van der Waals surface area contributed by atoms with Crippen molar-refractivity contribution in [1.29, 1.82) is 0 Å². The SMILES string of the molecule is CC1CCCN(C(=O)c2nc(C(=O)Nc3ccc(F)c(F)c3)c3ccccn23)C1. The zero-order chi connectivity index (χ0) is 20.5. The number of likely N-dealkylation sites (tertiary alicyclic amines) is 1. The summed E-state index contributed by atoms with van der Waals surface area (Å²) in [6.45, 7) is 3.40. The Balaban J connectivity index is 1.67. The van der Waals surface area contributed by atoms with Crippen molar-refractivity contribution >= 4 is 23.0 Å². The van der Waals surface area contributed by atoms with Gasteiger partial charge in [-0.1, -0.05) is 13.0 Å². The minimum atomic E-state index is -1.06. The van der Waals surface area contributed by atoms with Gasteiger partial charge in [0.25, 0.3) is 11.8 Å². The molecule has 0 radical (unpaired) electrons. The number of aromatic nitrogens is 2. The van der Waals surface area contributed by atoms with Gasteiger partial charge >= 0.3 is 0 Å². The van der Waals surface area contributed by atoms with E-state index in [4.69, 9.17) is 0 Å². The van der Waals surface area contributed by atoms with Crippen molar-refractivity contribution in [3.8, 4) is 0 Å². The van der Waals surface area contributed by atoms with Gasteiger partial charge in [-0.15, -0.1) is 0 Å². The fraction of sp³-hybridized carbons (Fsp3) is 0.286. The number of piperidine rings is 1. The molecular weight excluding hydrogens is 378 g/mol. The number of benzene rings is 1. The fourth-order valence-electron chi connectivity index (χ4n) is 3.64. The lowest BCUT2D eigenvalue weighted by Crippen LogP contribution is -2.39. The van der Waals surface area contributed by atoms with E-state index < -0.39 is 17.5 Å². The fourth-order valence-corrected chi connectivity index (χ4v) is 3.64. The van der Waals surface area contributed by atoms with Gasteiger partial charge in [-0.05, 0) is 43.0 Å². The van der Waals surface area contributed by atoms with E-state index in [9.17, 15) is 18.4 Å². The molecule has 1 saturated heterocycles. The largest absolute Gasteiger partial charge is 0.336 e. The monoisotopic (exact) mass is 398 g/mol. The average molecular weight is 398 g/mol. The summed E-state index contributed by atoms with van der Waals surface area (Å²) in [5, 5.41) is 2.51. The standard InChI is InChI=1S/C21H20F2N4O2/c1-13-5-4-9-26(12-13)21(29)19-25-18(17-6-2-3-10-27(17)19)20(28)24-14-7-8-15(22)16(23)11-14/h2-3,6-8,10-11,13H,4-5,9,12H2,1H3,(H,24,28). The molecule has 29 heavy (non-hydrogen) atoms. The van der Waals surface area contributed by atoms with E-state index in [0.29, 0.717) is 24.5 Å². The molecule has 0 saturated carbocycles. The summed E-state index contributed by atoms with van der Waals surface area (Å²) in [7, 11) is 0. The minimum Gasteiger partial charge on any atom is -0.336 e. The first-order chi connectivity index (χ1) is 13.9. The van der Waals surface area contributed by atoms with Gasteiger partial charge in [0.1, 0.15) is 0 Å². The van der Waals surface area contributed by atoms with Gasteiger partial charge in [0.05, 0.1) is 5.52 Å². The number of hydrogen-bond acceptors (Lipinski definition) is 3. The van der Waals surface area contributed by atoms with Crippen molar-refractivity contribution in [2.75, 3.05) is 18.4 Å². The van der Waals surface area contributed by atoms with E-state index in [2.05, 4.69) is 17.2 Å². The zero-order valence-electron chi connectivity index (χ0n) is 15.9. The first-order valence-electron chi connectivity index (χ1n) is 9.47. The van der Waals surface area contributed by atoms with Gasteiger partial charge in [0, 0.05) is 31.0 Å². The molecule has 1 N–H and O–H groups in total. The number of fused-ring (bicyclic) bond motifs is 1. The van der Waals surface area contributed by atoms with Crippen LogP contribution in [0.2, 0.25) is 0 Å². The second kappa shape index (κ2) is 7.62. The predicted octanol–water partition coefficient (Wildman–Crippen LogP) is 3.74. The van der Waals surface area contributed by atoms with Crippen LogP contribution in [0.3, 0.4) is 0 Å². The van der Waals surface area contributed by atoms with E-state index in [1.807, 2.05) is 0 Å². The van der Waals surface area contributed by atoms with Crippen LogP contribution in [0.15, 0.2) is 42.6 Å². The predicted molar refractivity (Wildman–Crippen MR) is 104 cm³/mol. The van der Waals surface area contributed by atoms with Crippen LogP contribution in [-0.2, 0) is 0 Å². The number of imidazole rings is 1. The van der Waals surface area contributed by atoms with Gasteiger partial charge in [-0.25, -0.2) is 13.8 Å². The molecule has 1 aliphatic heterocycles. The van der Waals surface area contributed by atoms with Crippen LogP contribution in [0.1, 0.15) is 40.9 Å². The van der Waals surface area contributed by atoms with Crippen molar-refractivity contribution < 1.29 is 18.4 Å². The maximum atomic E-state index is 13.4. The highest BCUT2D eigenvalue weighted by Crippen LogP contribution is 2.21. The van der Waals surface area contributed by atoms with Crippen LogP contribution in [0.4, 0.5) is 14.5 Å². The number of nitrogens with zero attached hydrogens (tertiary/aromatic N) is 3. The molecule has 0 spiro atoms. The third-order valence-electron chi connectivity index (χ3n) is 5.08. The number of amides is 2. The van der Waals surface area contributed by atoms with Crippen molar-refractivity contribution in [2.45, 2.75) is 19.8 Å². The van der Waals surface area contributed by atoms with Crippen LogP contribution in [-0.4, -0.2) is 39.2 Å². The van der Waals surface area contributed by atoms with Gasteiger partial charge in [-0.3, -0.25) is 14.0 Å². The van der Waals surface area contributed by atoms with Crippen LogP contribution < -0.4 is 5.32 Å². The lowest BCUT2D eigenvalue weighted by atomic mass is 10.0. The number of carbonyl (C=O) groups is 2. The third kappa shape index (κ3) is 3.70. The summed E-state index contributed by atoms with van der Waals surface area (Å²) in [6.07, 6.45) is 3.69. The van der Waals surface area contributed by atoms with Crippen LogP contribution in [0.25, 0.3) is 5.52 Å². The van der Waals surface area contributed by atoms with E-state index in [0.717, 1.165) is 25.0 Å². The lowest BCUT2D eigenvalue weighted by molar-refractivity contribution is 0.0670.